The van der Waals surface area contributed by atoms with Crippen molar-refractivity contribution in [1.29, 1.82) is 0 Å². The molecule has 8 heavy (non-hydrogen) atoms. The van der Waals surface area contributed by atoms with Gasteiger partial charge in [-0.15, -0.1) is 0 Å². The number of isothiocyanates is 1. The summed E-state index contributed by atoms with van der Waals surface area (Å²) in [5, 5.41) is 2.62. The smallest absolute Gasteiger partial charge is 0.0858 e. The molecular formula is C4H3Cl2NS. The third kappa shape index (κ3) is 4.28. The first-order valence-electron chi connectivity index (χ1n) is 1.79. The monoisotopic (exact) mass is 167 g/mol. The molecule has 0 saturated heterocycles. The lowest BCUT2D eigenvalue weighted by Gasteiger charge is -1.82. The Labute approximate surface area is 63.0 Å². The Balaban J connectivity index is 3.55. The van der Waals surface area contributed by atoms with Crippen LogP contribution in [0.15, 0.2) is 15.6 Å². The van der Waals surface area contributed by atoms with Crippen LogP contribution in [-0.2, 0) is 0 Å². The molecule has 0 aliphatic rings. The minimum absolute atomic E-state index is 0.328. The van der Waals surface area contributed by atoms with Crippen LogP contribution in [0, 0.1) is 0 Å². The van der Waals surface area contributed by atoms with Gasteiger partial charge >= 0.3 is 0 Å². The predicted molar refractivity (Wildman–Crippen MR) is 39.7 cm³/mol. The highest BCUT2D eigenvalue weighted by Crippen LogP contribution is 2.01. The lowest BCUT2D eigenvalue weighted by molar-refractivity contribution is 1.25. The number of hydrogen-bond acceptors (Lipinski definition) is 2. The Morgan fingerprint density at radius 3 is 2.88 bits per heavy atom. The average Bonchev–Trinajstić information content (AvgIpc) is 1.83. The van der Waals surface area contributed by atoms with Crippen molar-refractivity contribution < 1.29 is 0 Å². The Hall–Kier alpha value is 0.120. The van der Waals surface area contributed by atoms with E-state index in [1.165, 1.54) is 5.54 Å². The van der Waals surface area contributed by atoms with Gasteiger partial charge in [-0.25, -0.2) is 4.99 Å². The van der Waals surface area contributed by atoms with Gasteiger partial charge in [0.15, 0.2) is 0 Å². The number of hydrogen-bond donors (Lipinski definition) is 0. The van der Waals surface area contributed by atoms with E-state index < -0.39 is 0 Å². The van der Waals surface area contributed by atoms with Crippen molar-refractivity contribution in [2.24, 2.45) is 4.99 Å². The molecule has 0 atom stereocenters. The summed E-state index contributed by atoms with van der Waals surface area (Å²) in [6, 6.07) is 0. The lowest BCUT2D eigenvalue weighted by Crippen LogP contribution is -1.74. The fraction of sp³-hybridized carbons (Fsp3) is 0.250. The lowest BCUT2D eigenvalue weighted by atomic mass is 10.6. The van der Waals surface area contributed by atoms with E-state index in [9.17, 15) is 0 Å². The molecule has 1 nitrogen and oxygen atoms in total. The summed E-state index contributed by atoms with van der Waals surface area (Å²) in [5.74, 6) is 0. The van der Waals surface area contributed by atoms with Crippen LogP contribution in [-0.4, -0.2) is 11.7 Å². The SMILES string of the molecule is S=C=NC/C(Cl)=C/Cl. The number of aliphatic imine (C=N–C) groups is 1. The van der Waals surface area contributed by atoms with Crippen molar-refractivity contribution in [2.45, 2.75) is 0 Å². The second-order valence-electron chi connectivity index (χ2n) is 0.963. The van der Waals surface area contributed by atoms with Crippen molar-refractivity contribution in [3.05, 3.63) is 10.6 Å². The van der Waals surface area contributed by atoms with Crippen molar-refractivity contribution in [2.75, 3.05) is 6.54 Å². The molecule has 0 aliphatic carbocycles. The van der Waals surface area contributed by atoms with Gasteiger partial charge in [0.1, 0.15) is 0 Å². The summed E-state index contributed by atoms with van der Waals surface area (Å²) in [6.45, 7) is 0.328. The summed E-state index contributed by atoms with van der Waals surface area (Å²) in [7, 11) is 0. The van der Waals surface area contributed by atoms with Crippen molar-refractivity contribution in [1.82, 2.24) is 0 Å². The van der Waals surface area contributed by atoms with E-state index in [2.05, 4.69) is 22.4 Å². The Bertz CT molecular complexity index is 137. The molecule has 0 aliphatic heterocycles. The zero-order valence-corrected chi connectivity index (χ0v) is 6.22. The van der Waals surface area contributed by atoms with Gasteiger partial charge in [0, 0.05) is 5.54 Å². The van der Waals surface area contributed by atoms with Crippen LogP contribution in [0.3, 0.4) is 0 Å². The standard InChI is InChI=1S/C4H3Cl2NS/c5-1-4(6)2-7-3-8/h1H,2H2/b4-1-. The van der Waals surface area contributed by atoms with E-state index in [0.717, 1.165) is 0 Å². The molecule has 0 heterocycles. The molecule has 0 aromatic rings. The fourth-order valence-electron chi connectivity index (χ4n) is 0.142. The number of rotatable bonds is 2. The second-order valence-corrected chi connectivity index (χ2v) is 1.85. The molecule has 0 saturated carbocycles. The minimum Gasteiger partial charge on any atom is -0.227 e. The summed E-state index contributed by atoms with van der Waals surface area (Å²) < 4.78 is 0. The van der Waals surface area contributed by atoms with Crippen LogP contribution in [0.2, 0.25) is 0 Å². The normalized spacial score (nSPS) is 10.5. The first kappa shape index (κ1) is 8.12. The Morgan fingerprint density at radius 2 is 2.50 bits per heavy atom. The van der Waals surface area contributed by atoms with E-state index in [-0.39, 0.29) is 0 Å². The van der Waals surface area contributed by atoms with Crippen LogP contribution in [0.1, 0.15) is 0 Å². The third-order valence-electron chi connectivity index (χ3n) is 0.413. The molecule has 0 aromatic heterocycles. The highest BCUT2D eigenvalue weighted by Gasteiger charge is 1.83. The van der Waals surface area contributed by atoms with Gasteiger partial charge in [-0.1, -0.05) is 23.2 Å². The number of halogens is 2. The zero-order chi connectivity index (χ0) is 6.41. The zero-order valence-electron chi connectivity index (χ0n) is 3.90. The van der Waals surface area contributed by atoms with Crippen molar-refractivity contribution in [3.63, 3.8) is 0 Å². The van der Waals surface area contributed by atoms with E-state index in [4.69, 9.17) is 23.2 Å². The molecule has 0 rings (SSSR count). The van der Waals surface area contributed by atoms with Gasteiger partial charge in [-0.2, -0.15) is 0 Å². The van der Waals surface area contributed by atoms with Gasteiger partial charge < -0.3 is 0 Å². The molecule has 0 spiro atoms. The predicted octanol–water partition coefficient (Wildman–Crippen LogP) is 2.41. The Morgan fingerprint density at radius 1 is 1.88 bits per heavy atom. The number of nitrogens with zero attached hydrogens (tertiary/aromatic N) is 1. The summed E-state index contributed by atoms with van der Waals surface area (Å²) >= 11 is 14.8. The van der Waals surface area contributed by atoms with E-state index in [1.807, 2.05) is 0 Å². The third-order valence-corrected chi connectivity index (χ3v) is 1.15. The van der Waals surface area contributed by atoms with Crippen LogP contribution in [0.25, 0.3) is 0 Å². The Kier molecular flexibility index (Phi) is 5.34. The maximum atomic E-state index is 5.39. The van der Waals surface area contributed by atoms with Gasteiger partial charge in [0.2, 0.25) is 0 Å². The van der Waals surface area contributed by atoms with Gasteiger partial charge in [-0.3, -0.25) is 0 Å². The average molecular weight is 168 g/mol. The molecule has 0 unspecified atom stereocenters. The first-order valence-corrected chi connectivity index (χ1v) is 3.02. The van der Waals surface area contributed by atoms with Gasteiger partial charge in [0.25, 0.3) is 0 Å². The molecule has 4 heteroatoms. The molecule has 0 aromatic carbocycles. The van der Waals surface area contributed by atoms with E-state index in [1.54, 1.807) is 0 Å². The summed E-state index contributed by atoms with van der Waals surface area (Å²) in [5.41, 5.74) is 1.25. The van der Waals surface area contributed by atoms with Crippen molar-refractivity contribution in [3.8, 4) is 0 Å². The highest BCUT2D eigenvalue weighted by molar-refractivity contribution is 7.78. The van der Waals surface area contributed by atoms with Crippen LogP contribution < -0.4 is 0 Å². The molecular weight excluding hydrogens is 165 g/mol. The van der Waals surface area contributed by atoms with Crippen LogP contribution in [0.5, 0.6) is 0 Å². The van der Waals surface area contributed by atoms with E-state index >= 15 is 0 Å². The van der Waals surface area contributed by atoms with Gasteiger partial charge in [-0.05, 0) is 12.2 Å². The fourth-order valence-corrected chi connectivity index (χ4v) is 0.336. The maximum absolute atomic E-state index is 5.39. The molecule has 0 N–H and O–H groups in total. The van der Waals surface area contributed by atoms with Crippen LogP contribution in [0.4, 0.5) is 0 Å². The molecule has 44 valence electrons. The summed E-state index contributed by atoms with van der Waals surface area (Å²) in [4.78, 5) is 3.52. The topological polar surface area (TPSA) is 12.4 Å². The largest absolute Gasteiger partial charge is 0.227 e. The first-order chi connectivity index (χ1) is 3.81. The number of thiocarbonyl (C=S) groups is 1. The van der Waals surface area contributed by atoms with Gasteiger partial charge in [0.05, 0.1) is 16.7 Å². The van der Waals surface area contributed by atoms with Crippen LogP contribution >= 0.6 is 35.4 Å². The second kappa shape index (κ2) is 5.26. The molecule has 0 fully saturated rings. The maximum Gasteiger partial charge on any atom is 0.0858 e. The molecule has 0 bridgehead atoms. The molecule has 0 amide bonds. The minimum atomic E-state index is 0.328. The van der Waals surface area contributed by atoms with Crippen molar-refractivity contribution >= 4 is 40.6 Å². The summed E-state index contributed by atoms with van der Waals surface area (Å²) in [6.07, 6.45) is 0. The van der Waals surface area contributed by atoms with E-state index in [0.29, 0.717) is 11.6 Å². The molecule has 0 radical (unpaired) electrons. The quantitative estimate of drug-likeness (QED) is 0.455. The highest BCUT2D eigenvalue weighted by atomic mass is 35.5.